The number of methoxy groups -OCH3 is 1. The second kappa shape index (κ2) is 7.75. The minimum absolute atomic E-state index is 0.0394. The van der Waals surface area contributed by atoms with Crippen LogP contribution in [0.2, 0.25) is 0 Å². The Hall–Kier alpha value is -0.670. The zero-order valence-corrected chi connectivity index (χ0v) is 17.3. The van der Waals surface area contributed by atoms with Crippen molar-refractivity contribution in [2.75, 3.05) is 38.9 Å². The van der Waals surface area contributed by atoms with E-state index in [-0.39, 0.29) is 17.6 Å². The van der Waals surface area contributed by atoms with Crippen LogP contribution in [0.4, 0.5) is 5.69 Å². The van der Waals surface area contributed by atoms with Gasteiger partial charge in [-0.25, -0.2) is 0 Å². The minimum atomic E-state index is -0.268. The van der Waals surface area contributed by atoms with Crippen LogP contribution in [0, 0.1) is 0 Å². The number of aliphatic hydroxyl groups is 1. The van der Waals surface area contributed by atoms with Gasteiger partial charge >= 0.3 is 0 Å². The maximum Gasteiger partial charge on any atom is 0.146 e. The summed E-state index contributed by atoms with van der Waals surface area (Å²) in [7, 11) is 1.64. The Kier molecular flexibility index (Phi) is 5.57. The van der Waals surface area contributed by atoms with Crippen LogP contribution in [-0.2, 0) is 14.9 Å². The highest BCUT2D eigenvalue weighted by Crippen LogP contribution is 2.55. The molecule has 5 nitrogen and oxygen atoms in total. The average Bonchev–Trinajstić information content (AvgIpc) is 3.18. The standard InChI is InChI=1S/C20H27IN2O3/c1-25-13-26-11-8-14(21)12-23-10-9-20-15-4-2-3-5-16(15)22-19(20)17(24)6-7-18(20)23/h2-5,8,17-19,22,24H,6-7,9-13H2,1H3/b14-8-/t17-,18-,19-,20+/m0/s1. The number of likely N-dealkylation sites (tertiary alicyclic amines) is 1. The van der Waals surface area contributed by atoms with E-state index in [1.54, 1.807) is 7.11 Å². The van der Waals surface area contributed by atoms with E-state index in [2.05, 4.69) is 63.1 Å². The van der Waals surface area contributed by atoms with Crippen molar-refractivity contribution in [3.63, 3.8) is 0 Å². The number of fused-ring (bicyclic) bond motifs is 1. The molecular weight excluding hydrogens is 443 g/mol. The van der Waals surface area contributed by atoms with Gasteiger partial charge in [0.2, 0.25) is 0 Å². The number of aliphatic hydroxyl groups excluding tert-OH is 1. The molecule has 1 aliphatic carbocycles. The van der Waals surface area contributed by atoms with E-state index in [0.29, 0.717) is 19.4 Å². The lowest BCUT2D eigenvalue weighted by Gasteiger charge is -2.46. The molecule has 142 valence electrons. The lowest BCUT2D eigenvalue weighted by Crippen LogP contribution is -2.58. The maximum absolute atomic E-state index is 10.7. The Morgan fingerprint density at radius 3 is 3.12 bits per heavy atom. The molecule has 1 aromatic rings. The second-order valence-electron chi connectivity index (χ2n) is 7.52. The summed E-state index contributed by atoms with van der Waals surface area (Å²) in [6.07, 6.45) is 4.90. The quantitative estimate of drug-likeness (QED) is 0.381. The minimum Gasteiger partial charge on any atom is -0.391 e. The highest BCUT2D eigenvalue weighted by molar-refractivity contribution is 14.1. The van der Waals surface area contributed by atoms with Crippen LogP contribution in [-0.4, -0.2) is 61.8 Å². The molecule has 1 saturated carbocycles. The molecule has 4 atom stereocenters. The molecule has 0 radical (unpaired) electrons. The van der Waals surface area contributed by atoms with Crippen molar-refractivity contribution in [2.24, 2.45) is 0 Å². The predicted octanol–water partition coefficient (Wildman–Crippen LogP) is 2.89. The molecule has 4 rings (SSSR count). The van der Waals surface area contributed by atoms with Crippen LogP contribution < -0.4 is 5.32 Å². The maximum atomic E-state index is 10.7. The van der Waals surface area contributed by atoms with E-state index in [4.69, 9.17) is 9.47 Å². The number of hydrogen-bond donors (Lipinski definition) is 2. The van der Waals surface area contributed by atoms with E-state index in [0.717, 1.165) is 32.4 Å². The Labute approximate surface area is 168 Å². The molecule has 1 aromatic carbocycles. The molecule has 1 saturated heterocycles. The molecule has 0 unspecified atom stereocenters. The molecule has 3 aliphatic rings. The number of hydrogen-bond acceptors (Lipinski definition) is 5. The summed E-state index contributed by atoms with van der Waals surface area (Å²) in [5.74, 6) is 0. The lowest BCUT2D eigenvalue weighted by molar-refractivity contribution is -0.0187. The van der Waals surface area contributed by atoms with Gasteiger partial charge in [-0.2, -0.15) is 0 Å². The summed E-state index contributed by atoms with van der Waals surface area (Å²) in [6.45, 7) is 2.94. The number of halogens is 1. The zero-order chi connectivity index (χ0) is 18.1. The number of ether oxygens (including phenoxy) is 2. The topological polar surface area (TPSA) is 54.0 Å². The zero-order valence-electron chi connectivity index (χ0n) is 15.2. The van der Waals surface area contributed by atoms with Gasteiger partial charge in [0, 0.05) is 34.4 Å². The van der Waals surface area contributed by atoms with E-state index in [1.807, 2.05) is 0 Å². The van der Waals surface area contributed by atoms with Crippen molar-refractivity contribution in [3.8, 4) is 0 Å². The summed E-state index contributed by atoms with van der Waals surface area (Å²) in [5.41, 5.74) is 2.65. The van der Waals surface area contributed by atoms with E-state index >= 15 is 0 Å². The van der Waals surface area contributed by atoms with Gasteiger partial charge in [-0.3, -0.25) is 4.90 Å². The van der Waals surface area contributed by atoms with Crippen LogP contribution in [0.1, 0.15) is 24.8 Å². The number of para-hydroxylation sites is 1. The first-order valence-electron chi connectivity index (χ1n) is 9.36. The molecule has 0 aromatic heterocycles. The molecule has 2 N–H and O–H groups in total. The predicted molar refractivity (Wildman–Crippen MR) is 111 cm³/mol. The normalized spacial score (nSPS) is 33.5. The van der Waals surface area contributed by atoms with Crippen LogP contribution in [0.5, 0.6) is 0 Å². The third-order valence-corrected chi connectivity index (χ3v) is 7.02. The summed E-state index contributed by atoms with van der Waals surface area (Å²) in [6, 6.07) is 9.25. The highest BCUT2D eigenvalue weighted by atomic mass is 127. The molecular formula is C20H27IN2O3. The van der Waals surface area contributed by atoms with Gasteiger partial charge in [0.05, 0.1) is 18.8 Å². The molecule has 2 fully saturated rings. The Balaban J connectivity index is 1.54. The van der Waals surface area contributed by atoms with Crippen molar-refractivity contribution >= 4 is 28.3 Å². The van der Waals surface area contributed by atoms with E-state index in [9.17, 15) is 5.11 Å². The van der Waals surface area contributed by atoms with Crippen molar-refractivity contribution in [3.05, 3.63) is 39.5 Å². The van der Waals surface area contributed by atoms with Crippen molar-refractivity contribution in [2.45, 2.75) is 42.9 Å². The number of rotatable bonds is 6. The number of anilines is 1. The van der Waals surface area contributed by atoms with Gasteiger partial charge in [-0.05, 0) is 66.1 Å². The SMILES string of the molecule is COCOC/C=C(\I)CN1CC[C@]23c4ccccc4N[C@H]2[C@@H](O)CC[C@H]13. The Bertz CT molecular complexity index is 683. The molecule has 6 heteroatoms. The van der Waals surface area contributed by atoms with Crippen LogP contribution in [0.25, 0.3) is 0 Å². The summed E-state index contributed by atoms with van der Waals surface area (Å²) in [4.78, 5) is 2.61. The van der Waals surface area contributed by atoms with Gasteiger partial charge in [0.1, 0.15) is 6.79 Å². The first kappa shape index (κ1) is 18.7. The Morgan fingerprint density at radius 2 is 2.27 bits per heavy atom. The molecule has 26 heavy (non-hydrogen) atoms. The van der Waals surface area contributed by atoms with Gasteiger partial charge in [-0.15, -0.1) is 0 Å². The van der Waals surface area contributed by atoms with Crippen LogP contribution >= 0.6 is 22.6 Å². The largest absolute Gasteiger partial charge is 0.391 e. The monoisotopic (exact) mass is 470 g/mol. The summed E-state index contributed by atoms with van der Waals surface area (Å²) < 4.78 is 11.6. The number of benzene rings is 1. The smallest absolute Gasteiger partial charge is 0.146 e. The van der Waals surface area contributed by atoms with Gasteiger partial charge < -0.3 is 19.9 Å². The van der Waals surface area contributed by atoms with E-state index in [1.165, 1.54) is 14.8 Å². The molecule has 0 amide bonds. The second-order valence-corrected chi connectivity index (χ2v) is 8.90. The first-order valence-corrected chi connectivity index (χ1v) is 10.4. The fraction of sp³-hybridized carbons (Fsp3) is 0.600. The van der Waals surface area contributed by atoms with Gasteiger partial charge in [-0.1, -0.05) is 18.2 Å². The first-order chi connectivity index (χ1) is 12.7. The highest BCUT2D eigenvalue weighted by Gasteiger charge is 2.60. The van der Waals surface area contributed by atoms with Gasteiger partial charge in [0.15, 0.2) is 0 Å². The van der Waals surface area contributed by atoms with Crippen molar-refractivity contribution < 1.29 is 14.6 Å². The summed E-state index contributed by atoms with van der Waals surface area (Å²) in [5, 5.41) is 14.3. The summed E-state index contributed by atoms with van der Waals surface area (Å²) >= 11 is 2.42. The number of nitrogens with one attached hydrogen (secondary N) is 1. The molecule has 0 bridgehead atoms. The fourth-order valence-corrected chi connectivity index (χ4v) is 5.85. The van der Waals surface area contributed by atoms with Crippen molar-refractivity contribution in [1.82, 2.24) is 4.90 Å². The van der Waals surface area contributed by atoms with Crippen LogP contribution in [0.15, 0.2) is 33.9 Å². The third-order valence-electron chi connectivity index (χ3n) is 6.24. The van der Waals surface area contributed by atoms with Crippen molar-refractivity contribution in [1.29, 1.82) is 0 Å². The van der Waals surface area contributed by atoms with Gasteiger partial charge in [0.25, 0.3) is 0 Å². The molecule has 1 spiro atoms. The Morgan fingerprint density at radius 1 is 1.42 bits per heavy atom. The average molecular weight is 470 g/mol. The van der Waals surface area contributed by atoms with E-state index < -0.39 is 0 Å². The molecule has 2 aliphatic heterocycles. The van der Waals surface area contributed by atoms with Crippen LogP contribution in [0.3, 0.4) is 0 Å². The molecule has 2 heterocycles. The number of nitrogens with zero attached hydrogens (tertiary/aromatic N) is 1. The fourth-order valence-electron chi connectivity index (χ4n) is 5.24. The third kappa shape index (κ3) is 3.09. The lowest BCUT2D eigenvalue weighted by atomic mass is 9.64.